The van der Waals surface area contributed by atoms with Crippen molar-refractivity contribution in [2.45, 2.75) is 6.92 Å². The van der Waals surface area contributed by atoms with Gasteiger partial charge in [-0.15, -0.1) is 0 Å². The summed E-state index contributed by atoms with van der Waals surface area (Å²) in [4.78, 5) is 26.4. The van der Waals surface area contributed by atoms with Crippen LogP contribution < -0.4 is 10.6 Å². The minimum absolute atomic E-state index is 0.0213. The Morgan fingerprint density at radius 2 is 2.16 bits per heavy atom. The number of pyridine rings is 1. The molecule has 0 aliphatic heterocycles. The van der Waals surface area contributed by atoms with Crippen LogP contribution in [0.15, 0.2) is 18.2 Å². The average molecular weight is 283 g/mol. The zero-order valence-corrected chi connectivity index (χ0v) is 11.2. The van der Waals surface area contributed by atoms with E-state index >= 15 is 0 Å². The van der Waals surface area contributed by atoms with E-state index in [1.807, 2.05) is 0 Å². The first-order valence-electron chi connectivity index (χ1n) is 5.37. The van der Waals surface area contributed by atoms with Gasteiger partial charge >= 0.3 is 12.1 Å². The molecule has 0 atom stereocenters. The number of methoxy groups -OCH3 is 1. The van der Waals surface area contributed by atoms with Crippen molar-refractivity contribution in [2.75, 3.05) is 19.0 Å². The van der Waals surface area contributed by atoms with Crippen LogP contribution in [-0.4, -0.2) is 35.9 Å². The third kappa shape index (κ3) is 4.88. The quantitative estimate of drug-likeness (QED) is 0.638. The summed E-state index contributed by atoms with van der Waals surface area (Å²) < 4.78 is 9.20. The van der Waals surface area contributed by atoms with Gasteiger partial charge in [-0.3, -0.25) is 5.32 Å². The van der Waals surface area contributed by atoms with Gasteiger partial charge in [-0.05, 0) is 31.3 Å². The van der Waals surface area contributed by atoms with Crippen molar-refractivity contribution in [3.8, 4) is 0 Å². The van der Waals surface area contributed by atoms with E-state index in [0.29, 0.717) is 5.82 Å². The Bertz CT molecular complexity index is 493. The standard InChI is InChI=1S/C11H13N3O4S/c1-3-18-11(16)14-10(19)13-8-6-4-5-7(12-8)9(15)17-2/h4-6H,3H2,1-2H3,(H2,12,13,14,16,19). The molecular formula is C11H13N3O4S. The van der Waals surface area contributed by atoms with Crippen LogP contribution in [0.2, 0.25) is 0 Å². The first-order valence-corrected chi connectivity index (χ1v) is 5.77. The molecule has 102 valence electrons. The SMILES string of the molecule is CCOC(=O)NC(=S)Nc1cccc(C(=O)OC)n1. The number of alkyl carbamates (subject to hydrolysis) is 1. The number of aromatic nitrogens is 1. The van der Waals surface area contributed by atoms with Crippen molar-refractivity contribution in [1.82, 2.24) is 10.3 Å². The maximum absolute atomic E-state index is 11.3. The highest BCUT2D eigenvalue weighted by Crippen LogP contribution is 2.05. The van der Waals surface area contributed by atoms with E-state index in [1.165, 1.54) is 13.2 Å². The van der Waals surface area contributed by atoms with Crippen LogP contribution in [0.1, 0.15) is 17.4 Å². The minimum atomic E-state index is -0.663. The summed E-state index contributed by atoms with van der Waals surface area (Å²) >= 11 is 4.88. The van der Waals surface area contributed by atoms with Crippen LogP contribution in [0.3, 0.4) is 0 Å². The van der Waals surface area contributed by atoms with Crippen molar-refractivity contribution < 1.29 is 19.1 Å². The summed E-state index contributed by atoms with van der Waals surface area (Å²) in [5, 5.41) is 4.97. The number of thiocarbonyl (C=S) groups is 1. The summed E-state index contributed by atoms with van der Waals surface area (Å²) in [5.41, 5.74) is 0.131. The molecule has 2 N–H and O–H groups in total. The number of ether oxygens (including phenoxy) is 2. The number of amides is 1. The first kappa shape index (κ1) is 14.8. The fourth-order valence-corrected chi connectivity index (χ4v) is 1.32. The van der Waals surface area contributed by atoms with Crippen LogP contribution in [0.4, 0.5) is 10.6 Å². The fourth-order valence-electron chi connectivity index (χ4n) is 1.13. The Morgan fingerprint density at radius 1 is 1.42 bits per heavy atom. The van der Waals surface area contributed by atoms with Gasteiger partial charge in [-0.2, -0.15) is 0 Å². The monoisotopic (exact) mass is 283 g/mol. The smallest absolute Gasteiger partial charge is 0.413 e. The molecule has 0 unspecified atom stereocenters. The van der Waals surface area contributed by atoms with Crippen LogP contribution in [0, 0.1) is 0 Å². The largest absolute Gasteiger partial charge is 0.464 e. The Kier molecular flexibility index (Phi) is 5.68. The molecule has 0 spiro atoms. The molecule has 0 aliphatic rings. The fraction of sp³-hybridized carbons (Fsp3) is 0.273. The molecule has 0 saturated heterocycles. The highest BCUT2D eigenvalue weighted by atomic mass is 32.1. The zero-order chi connectivity index (χ0) is 14.3. The van der Waals surface area contributed by atoms with Gasteiger partial charge in [0.15, 0.2) is 10.8 Å². The lowest BCUT2D eigenvalue weighted by atomic mass is 10.3. The number of carbonyl (C=O) groups is 2. The molecule has 8 heteroatoms. The number of nitrogens with one attached hydrogen (secondary N) is 2. The van der Waals surface area contributed by atoms with E-state index in [-0.39, 0.29) is 17.4 Å². The summed E-state index contributed by atoms with van der Waals surface area (Å²) in [7, 11) is 1.26. The average Bonchev–Trinajstić information content (AvgIpc) is 2.38. The van der Waals surface area contributed by atoms with Crippen LogP contribution in [0.5, 0.6) is 0 Å². The van der Waals surface area contributed by atoms with Gasteiger partial charge in [0.25, 0.3) is 0 Å². The molecule has 19 heavy (non-hydrogen) atoms. The van der Waals surface area contributed by atoms with Gasteiger partial charge in [0.2, 0.25) is 0 Å². The molecule has 1 rings (SSSR count). The zero-order valence-electron chi connectivity index (χ0n) is 10.4. The second-order valence-corrected chi connectivity index (χ2v) is 3.61. The lowest BCUT2D eigenvalue weighted by molar-refractivity contribution is 0.0594. The Morgan fingerprint density at radius 3 is 2.79 bits per heavy atom. The molecule has 1 heterocycles. The molecule has 0 aliphatic carbocycles. The summed E-state index contributed by atoms with van der Waals surface area (Å²) in [6.45, 7) is 1.92. The third-order valence-electron chi connectivity index (χ3n) is 1.88. The predicted octanol–water partition coefficient (Wildman–Crippen LogP) is 1.31. The second-order valence-electron chi connectivity index (χ2n) is 3.20. The van der Waals surface area contributed by atoms with Crippen LogP contribution >= 0.6 is 12.2 Å². The van der Waals surface area contributed by atoms with E-state index in [0.717, 1.165) is 0 Å². The van der Waals surface area contributed by atoms with Crippen molar-refractivity contribution in [2.24, 2.45) is 0 Å². The maximum atomic E-state index is 11.3. The molecule has 1 aromatic rings. The van der Waals surface area contributed by atoms with E-state index < -0.39 is 12.1 Å². The van der Waals surface area contributed by atoms with Gasteiger partial charge in [0, 0.05) is 0 Å². The molecule has 0 radical (unpaired) electrons. The van der Waals surface area contributed by atoms with E-state index in [2.05, 4.69) is 25.1 Å². The van der Waals surface area contributed by atoms with E-state index in [4.69, 9.17) is 12.2 Å². The molecular weight excluding hydrogens is 270 g/mol. The van der Waals surface area contributed by atoms with Crippen molar-refractivity contribution in [1.29, 1.82) is 0 Å². The van der Waals surface area contributed by atoms with E-state index in [9.17, 15) is 9.59 Å². The van der Waals surface area contributed by atoms with Gasteiger partial charge in [-0.1, -0.05) is 6.07 Å². The lowest BCUT2D eigenvalue weighted by Gasteiger charge is -2.09. The number of rotatable bonds is 3. The van der Waals surface area contributed by atoms with E-state index in [1.54, 1.807) is 19.1 Å². The lowest BCUT2D eigenvalue weighted by Crippen LogP contribution is -2.34. The van der Waals surface area contributed by atoms with Crippen LogP contribution in [-0.2, 0) is 9.47 Å². The molecule has 0 bridgehead atoms. The molecule has 1 aromatic heterocycles. The van der Waals surface area contributed by atoms with Gasteiger partial charge in [0.05, 0.1) is 13.7 Å². The first-order chi connectivity index (χ1) is 9.06. The Labute approximate surface area is 115 Å². The molecule has 0 saturated carbocycles. The number of esters is 1. The van der Waals surface area contributed by atoms with Gasteiger partial charge < -0.3 is 14.8 Å². The highest BCUT2D eigenvalue weighted by Gasteiger charge is 2.09. The predicted molar refractivity (Wildman–Crippen MR) is 72.0 cm³/mol. The van der Waals surface area contributed by atoms with Crippen molar-refractivity contribution in [3.05, 3.63) is 23.9 Å². The number of anilines is 1. The van der Waals surface area contributed by atoms with Crippen molar-refractivity contribution >= 4 is 35.2 Å². The second kappa shape index (κ2) is 7.27. The third-order valence-corrected chi connectivity index (χ3v) is 2.08. The molecule has 0 fully saturated rings. The number of nitrogens with zero attached hydrogens (tertiary/aromatic N) is 1. The number of carbonyl (C=O) groups excluding carboxylic acids is 2. The summed E-state index contributed by atoms with van der Waals surface area (Å²) in [5.74, 6) is -0.252. The topological polar surface area (TPSA) is 89.6 Å². The molecule has 7 nitrogen and oxygen atoms in total. The molecule has 1 amide bonds. The summed E-state index contributed by atoms with van der Waals surface area (Å²) in [6.07, 6.45) is -0.663. The van der Waals surface area contributed by atoms with Crippen molar-refractivity contribution in [3.63, 3.8) is 0 Å². The van der Waals surface area contributed by atoms with Gasteiger partial charge in [0.1, 0.15) is 5.82 Å². The summed E-state index contributed by atoms with van der Waals surface area (Å²) in [6, 6.07) is 4.69. The number of hydrogen-bond acceptors (Lipinski definition) is 6. The Hall–Kier alpha value is -2.22. The number of hydrogen-bond donors (Lipinski definition) is 2. The normalized spacial score (nSPS) is 9.37. The Balaban J connectivity index is 2.64. The van der Waals surface area contributed by atoms with Crippen LogP contribution in [0.25, 0.3) is 0 Å². The maximum Gasteiger partial charge on any atom is 0.413 e. The highest BCUT2D eigenvalue weighted by molar-refractivity contribution is 7.80. The minimum Gasteiger partial charge on any atom is -0.464 e. The molecule has 0 aromatic carbocycles. The van der Waals surface area contributed by atoms with Gasteiger partial charge in [-0.25, -0.2) is 14.6 Å².